The van der Waals surface area contributed by atoms with Crippen LogP contribution in [0.2, 0.25) is 0 Å². The molecule has 0 spiro atoms. The van der Waals surface area contributed by atoms with Crippen molar-refractivity contribution in [2.45, 2.75) is 36.4 Å². The first-order chi connectivity index (χ1) is 15.3. The second kappa shape index (κ2) is 7.41. The van der Waals surface area contributed by atoms with E-state index in [0.29, 0.717) is 10.8 Å². The van der Waals surface area contributed by atoms with E-state index in [4.69, 9.17) is 0 Å². The number of benzene rings is 1. The fourth-order valence-electron chi connectivity index (χ4n) is 3.24. The van der Waals surface area contributed by atoms with Crippen molar-refractivity contribution in [1.82, 2.24) is 34.6 Å². The van der Waals surface area contributed by atoms with E-state index in [2.05, 4.69) is 25.4 Å². The minimum Gasteiger partial charge on any atom is -0.479 e. The number of fused-ring (bicyclic) bond motifs is 2. The Balaban J connectivity index is 1.49. The fraction of sp³-hybridized carbons (Fsp3) is 0.182. The average Bonchev–Trinajstić information content (AvgIpc) is 3.41. The number of nitrogens with zero attached hydrogens (tertiary/aromatic N) is 7. The summed E-state index contributed by atoms with van der Waals surface area (Å²) in [4.78, 5) is 17.1. The van der Waals surface area contributed by atoms with Crippen LogP contribution in [0.4, 0.5) is 0 Å². The molecule has 1 N–H and O–H groups in total. The molecule has 5 rings (SSSR count). The van der Waals surface area contributed by atoms with Gasteiger partial charge in [0.2, 0.25) is 5.16 Å². The van der Waals surface area contributed by atoms with Crippen molar-refractivity contribution in [3.8, 4) is 11.1 Å². The van der Waals surface area contributed by atoms with Gasteiger partial charge in [-0.3, -0.25) is 9.67 Å². The lowest BCUT2D eigenvalue weighted by molar-refractivity contribution is -0.146. The number of pyridine rings is 1. The molecule has 1 aromatic carbocycles. The number of aryl methyl sites for hydroxylation is 1. The maximum atomic E-state index is 11.5. The molecule has 0 radical (unpaired) electrons. The maximum Gasteiger partial charge on any atom is 0.331 e. The lowest BCUT2D eigenvalue weighted by atomic mass is 10.1. The van der Waals surface area contributed by atoms with Gasteiger partial charge in [-0.05, 0) is 68.9 Å². The number of carboxylic acids is 1. The minimum absolute atomic E-state index is 0.685. The van der Waals surface area contributed by atoms with Gasteiger partial charge in [0.15, 0.2) is 11.2 Å². The van der Waals surface area contributed by atoms with E-state index in [9.17, 15) is 9.90 Å². The average molecular weight is 446 g/mol. The van der Waals surface area contributed by atoms with Crippen LogP contribution in [-0.2, 0) is 10.3 Å². The molecule has 4 heterocycles. The molecule has 0 saturated carbocycles. The predicted octanol–water partition coefficient (Wildman–Crippen LogP) is 3.82. The van der Waals surface area contributed by atoms with Gasteiger partial charge in [0.05, 0.1) is 17.4 Å². The van der Waals surface area contributed by atoms with Crippen molar-refractivity contribution in [2.24, 2.45) is 0 Å². The summed E-state index contributed by atoms with van der Waals surface area (Å²) >= 11 is 1.48. The highest BCUT2D eigenvalue weighted by Crippen LogP contribution is 2.30. The van der Waals surface area contributed by atoms with Gasteiger partial charge in [0.25, 0.3) is 0 Å². The Morgan fingerprint density at radius 3 is 2.72 bits per heavy atom. The van der Waals surface area contributed by atoms with Crippen LogP contribution in [0.15, 0.2) is 65.0 Å². The molecule has 0 atom stereocenters. The number of carboxylic acid groups (broad SMARTS) is 1. The van der Waals surface area contributed by atoms with Crippen molar-refractivity contribution in [1.29, 1.82) is 0 Å². The molecule has 4 aromatic heterocycles. The summed E-state index contributed by atoms with van der Waals surface area (Å²) in [7, 11) is 0. The largest absolute Gasteiger partial charge is 0.479 e. The van der Waals surface area contributed by atoms with Crippen molar-refractivity contribution in [3.05, 3.63) is 60.7 Å². The van der Waals surface area contributed by atoms with E-state index in [1.165, 1.54) is 16.4 Å². The van der Waals surface area contributed by atoms with Gasteiger partial charge in [0.1, 0.15) is 0 Å². The SMILES string of the molecule is Cc1ccc2nnc(Sc3ccc4ncc(-c5cnn(C(C)(C)C(=O)O)c5)cc4c3)n2n1. The summed E-state index contributed by atoms with van der Waals surface area (Å²) in [5.74, 6) is -0.948. The Morgan fingerprint density at radius 2 is 1.91 bits per heavy atom. The third kappa shape index (κ3) is 3.48. The van der Waals surface area contributed by atoms with Crippen LogP contribution < -0.4 is 0 Å². The number of carbonyl (C=O) groups is 1. The molecule has 10 heteroatoms. The Morgan fingerprint density at radius 1 is 1.06 bits per heavy atom. The smallest absolute Gasteiger partial charge is 0.331 e. The second-order valence-electron chi connectivity index (χ2n) is 7.95. The van der Waals surface area contributed by atoms with Gasteiger partial charge >= 0.3 is 5.97 Å². The van der Waals surface area contributed by atoms with Crippen LogP contribution in [-0.4, -0.2) is 45.7 Å². The van der Waals surface area contributed by atoms with Crippen LogP contribution >= 0.6 is 11.8 Å². The Hall–Kier alpha value is -3.79. The lowest BCUT2D eigenvalue weighted by Crippen LogP contribution is -2.35. The standard InChI is InChI=1S/C22H19N7O2S/c1-13-4-7-19-25-26-21(29(19)27-13)32-17-5-6-18-14(9-17)8-15(10-23-18)16-11-24-28(12-16)22(2,3)20(30)31/h4-12H,1-3H3,(H,30,31). The van der Waals surface area contributed by atoms with Gasteiger partial charge in [-0.25, -0.2) is 4.79 Å². The zero-order valence-electron chi connectivity index (χ0n) is 17.6. The van der Waals surface area contributed by atoms with E-state index < -0.39 is 11.5 Å². The Labute approximate surface area is 187 Å². The van der Waals surface area contributed by atoms with Crippen molar-refractivity contribution in [3.63, 3.8) is 0 Å². The van der Waals surface area contributed by atoms with Crippen molar-refractivity contribution >= 4 is 34.3 Å². The van der Waals surface area contributed by atoms with Crippen LogP contribution in [0.5, 0.6) is 0 Å². The molecule has 0 unspecified atom stereocenters. The minimum atomic E-state index is -1.14. The van der Waals surface area contributed by atoms with Gasteiger partial charge < -0.3 is 5.11 Å². The molecule has 160 valence electrons. The molecule has 0 aliphatic carbocycles. The number of aromatic nitrogens is 7. The third-order valence-corrected chi connectivity index (χ3v) is 6.17. The van der Waals surface area contributed by atoms with Gasteiger partial charge in [-0.1, -0.05) is 0 Å². The van der Waals surface area contributed by atoms with Gasteiger partial charge in [-0.15, -0.1) is 10.2 Å². The molecule has 0 amide bonds. The third-order valence-electron chi connectivity index (χ3n) is 5.24. The number of rotatable bonds is 5. The first-order valence-corrected chi connectivity index (χ1v) is 10.7. The van der Waals surface area contributed by atoms with Gasteiger partial charge in [-0.2, -0.15) is 14.7 Å². The molecular weight excluding hydrogens is 426 g/mol. The molecular formula is C22H19N7O2S. The zero-order valence-corrected chi connectivity index (χ0v) is 18.4. The molecule has 5 aromatic rings. The maximum absolute atomic E-state index is 11.5. The Bertz CT molecular complexity index is 1490. The number of hydrogen-bond acceptors (Lipinski definition) is 7. The van der Waals surface area contributed by atoms with E-state index in [1.807, 2.05) is 43.3 Å². The molecule has 0 aliphatic rings. The quantitative estimate of drug-likeness (QED) is 0.435. The molecule has 0 saturated heterocycles. The summed E-state index contributed by atoms with van der Waals surface area (Å²) in [6.45, 7) is 5.15. The fourth-order valence-corrected chi connectivity index (χ4v) is 4.07. The summed E-state index contributed by atoms with van der Waals surface area (Å²) in [5.41, 5.74) is 2.96. The summed E-state index contributed by atoms with van der Waals surface area (Å²) in [6.07, 6.45) is 5.15. The van der Waals surface area contributed by atoms with Crippen LogP contribution in [0.3, 0.4) is 0 Å². The predicted molar refractivity (Wildman–Crippen MR) is 120 cm³/mol. The Kier molecular flexibility index (Phi) is 4.66. The molecule has 32 heavy (non-hydrogen) atoms. The van der Waals surface area contributed by atoms with E-state index in [1.54, 1.807) is 37.0 Å². The molecule has 9 nitrogen and oxygen atoms in total. The van der Waals surface area contributed by atoms with E-state index in [-0.39, 0.29) is 0 Å². The molecule has 0 aliphatic heterocycles. The first kappa shape index (κ1) is 20.1. The normalized spacial score (nSPS) is 12.0. The number of aliphatic carboxylic acids is 1. The first-order valence-electron chi connectivity index (χ1n) is 9.87. The lowest BCUT2D eigenvalue weighted by Gasteiger charge is -2.19. The topological polar surface area (TPSA) is 111 Å². The second-order valence-corrected chi connectivity index (χ2v) is 8.99. The summed E-state index contributed by atoms with van der Waals surface area (Å²) in [5, 5.41) is 28.2. The van der Waals surface area contributed by atoms with E-state index in [0.717, 1.165) is 32.6 Å². The summed E-state index contributed by atoms with van der Waals surface area (Å²) < 4.78 is 3.18. The zero-order chi connectivity index (χ0) is 22.5. The highest BCUT2D eigenvalue weighted by atomic mass is 32.2. The number of hydrogen-bond donors (Lipinski definition) is 1. The monoisotopic (exact) mass is 445 g/mol. The van der Waals surface area contributed by atoms with Crippen LogP contribution in [0.1, 0.15) is 19.5 Å². The highest BCUT2D eigenvalue weighted by Gasteiger charge is 2.30. The van der Waals surface area contributed by atoms with Crippen molar-refractivity contribution in [2.75, 3.05) is 0 Å². The van der Waals surface area contributed by atoms with E-state index >= 15 is 0 Å². The highest BCUT2D eigenvalue weighted by molar-refractivity contribution is 7.99. The van der Waals surface area contributed by atoms with Crippen LogP contribution in [0.25, 0.3) is 27.7 Å². The molecule has 0 bridgehead atoms. The summed E-state index contributed by atoms with van der Waals surface area (Å²) in [6, 6.07) is 11.8. The van der Waals surface area contributed by atoms with Crippen molar-refractivity contribution < 1.29 is 9.90 Å². The van der Waals surface area contributed by atoms with Gasteiger partial charge in [0, 0.05) is 33.8 Å². The van der Waals surface area contributed by atoms with Crippen LogP contribution in [0, 0.1) is 6.92 Å². The molecule has 0 fully saturated rings.